The monoisotopic (exact) mass is 457 g/mol. The maximum Gasteiger partial charge on any atom is 0.274 e. The molecule has 0 saturated carbocycles. The zero-order valence-electron chi connectivity index (χ0n) is 19.1. The first-order valence-corrected chi connectivity index (χ1v) is 11.5. The molecule has 0 aliphatic carbocycles. The lowest BCUT2D eigenvalue weighted by molar-refractivity contribution is -0.115. The van der Waals surface area contributed by atoms with E-state index in [2.05, 4.69) is 5.32 Å². The first-order valence-electron chi connectivity index (χ1n) is 11.5. The van der Waals surface area contributed by atoms with E-state index in [9.17, 15) is 14.4 Å². The fourth-order valence-electron chi connectivity index (χ4n) is 5.09. The van der Waals surface area contributed by atoms with Crippen molar-refractivity contribution in [3.05, 3.63) is 93.9 Å². The summed E-state index contributed by atoms with van der Waals surface area (Å²) in [6.07, 6.45) is 1.13. The van der Waals surface area contributed by atoms with Crippen LogP contribution in [0.1, 0.15) is 34.0 Å². The number of rotatable bonds is 5. The highest BCUT2D eigenvalue weighted by molar-refractivity contribution is 5.94. The number of fused-ring (bicyclic) bond motifs is 4. The average Bonchev–Trinajstić information content (AvgIpc) is 2.86. The molecule has 2 atom stereocenters. The van der Waals surface area contributed by atoms with E-state index in [1.165, 1.54) is 0 Å². The van der Waals surface area contributed by atoms with E-state index in [0.717, 1.165) is 23.4 Å². The number of aromatic nitrogens is 1. The summed E-state index contributed by atoms with van der Waals surface area (Å²) in [7, 11) is 1.60. The van der Waals surface area contributed by atoms with E-state index in [1.807, 2.05) is 53.4 Å². The van der Waals surface area contributed by atoms with Crippen LogP contribution in [0.5, 0.6) is 5.75 Å². The molecule has 2 bridgehead atoms. The van der Waals surface area contributed by atoms with E-state index < -0.39 is 0 Å². The third-order valence-corrected chi connectivity index (χ3v) is 6.71. The summed E-state index contributed by atoms with van der Waals surface area (Å²) in [6.45, 7) is 1.77. The van der Waals surface area contributed by atoms with Crippen LogP contribution in [-0.4, -0.2) is 41.5 Å². The van der Waals surface area contributed by atoms with Gasteiger partial charge in [0.05, 0.1) is 13.5 Å². The summed E-state index contributed by atoms with van der Waals surface area (Å²) in [6, 6.07) is 20.2. The highest BCUT2D eigenvalue weighted by Gasteiger charge is 2.37. The first-order chi connectivity index (χ1) is 16.5. The summed E-state index contributed by atoms with van der Waals surface area (Å²) in [5.74, 6) is 0.845. The number of carbonyl (C=O) groups excluding carboxylic acids is 2. The first kappa shape index (κ1) is 21.9. The van der Waals surface area contributed by atoms with Gasteiger partial charge in [0.2, 0.25) is 5.91 Å². The van der Waals surface area contributed by atoms with Crippen LogP contribution in [0.2, 0.25) is 0 Å². The van der Waals surface area contributed by atoms with Crippen LogP contribution in [0.4, 0.5) is 5.69 Å². The predicted octanol–water partition coefficient (Wildman–Crippen LogP) is 3.30. The lowest BCUT2D eigenvalue weighted by Crippen LogP contribution is -2.49. The number of pyridine rings is 1. The SMILES string of the molecule is COc1ccc(CC(=O)Nc2ccc3n(c2=O)C[C@H]2C[C@@H]3CN(C(=O)c3ccccc3)C2)cc1. The smallest absolute Gasteiger partial charge is 0.274 e. The normalized spacial score (nSPS) is 18.7. The maximum absolute atomic E-state index is 13.2. The van der Waals surface area contributed by atoms with Crippen LogP contribution in [0, 0.1) is 5.92 Å². The molecule has 7 nitrogen and oxygen atoms in total. The Balaban J connectivity index is 1.31. The highest BCUT2D eigenvalue weighted by Crippen LogP contribution is 2.36. The molecule has 0 unspecified atom stereocenters. The topological polar surface area (TPSA) is 80.6 Å². The summed E-state index contributed by atoms with van der Waals surface area (Å²) < 4.78 is 6.93. The van der Waals surface area contributed by atoms with Crippen molar-refractivity contribution < 1.29 is 14.3 Å². The lowest BCUT2D eigenvalue weighted by atomic mass is 9.83. The zero-order valence-corrected chi connectivity index (χ0v) is 19.1. The Hall–Kier alpha value is -3.87. The molecule has 0 radical (unpaired) electrons. The van der Waals surface area contributed by atoms with Crippen molar-refractivity contribution in [1.82, 2.24) is 9.47 Å². The Morgan fingerprint density at radius 1 is 0.971 bits per heavy atom. The van der Waals surface area contributed by atoms with Gasteiger partial charge in [-0.05, 0) is 54.3 Å². The molecule has 3 heterocycles. The van der Waals surface area contributed by atoms with E-state index in [4.69, 9.17) is 4.74 Å². The number of carbonyl (C=O) groups is 2. The number of piperidine rings is 1. The number of benzene rings is 2. The standard InChI is InChI=1S/C27H27N3O4/c1-34-22-9-7-18(8-10-22)14-25(31)28-23-11-12-24-21-13-19(16-30(24)27(23)33)15-29(17-21)26(32)20-5-3-2-4-6-20/h2-12,19,21H,13-17H2,1H3,(H,28,31)/t19-,21+/m0/s1. The fraction of sp³-hybridized carbons (Fsp3) is 0.296. The summed E-state index contributed by atoms with van der Waals surface area (Å²) in [5.41, 5.74) is 2.57. The number of nitrogens with one attached hydrogen (secondary N) is 1. The van der Waals surface area contributed by atoms with Crippen LogP contribution in [0.15, 0.2) is 71.5 Å². The molecule has 3 aromatic rings. The molecule has 2 amide bonds. The summed E-state index contributed by atoms with van der Waals surface area (Å²) in [5, 5.41) is 2.78. The second-order valence-electron chi connectivity index (χ2n) is 9.04. The van der Waals surface area contributed by atoms with Gasteiger partial charge >= 0.3 is 0 Å². The number of likely N-dealkylation sites (tertiary alicyclic amines) is 1. The number of anilines is 1. The Bertz CT molecular complexity index is 1270. The van der Waals surface area contributed by atoms with Crippen molar-refractivity contribution in [2.75, 3.05) is 25.5 Å². The number of hydrogen-bond acceptors (Lipinski definition) is 4. The predicted molar refractivity (Wildman–Crippen MR) is 129 cm³/mol. The second kappa shape index (κ2) is 9.17. The molecular weight excluding hydrogens is 430 g/mol. The van der Waals surface area contributed by atoms with Crippen LogP contribution >= 0.6 is 0 Å². The molecule has 1 aromatic heterocycles. The number of ether oxygens (including phenoxy) is 1. The van der Waals surface area contributed by atoms with Gasteiger partial charge in [-0.1, -0.05) is 30.3 Å². The summed E-state index contributed by atoms with van der Waals surface area (Å²) >= 11 is 0. The fourth-order valence-corrected chi connectivity index (χ4v) is 5.09. The van der Waals surface area contributed by atoms with E-state index in [-0.39, 0.29) is 35.6 Å². The lowest BCUT2D eigenvalue weighted by Gasteiger charge is -2.43. The van der Waals surface area contributed by atoms with Crippen molar-refractivity contribution >= 4 is 17.5 Å². The summed E-state index contributed by atoms with van der Waals surface area (Å²) in [4.78, 5) is 40.7. The van der Waals surface area contributed by atoms with Gasteiger partial charge in [0.15, 0.2) is 0 Å². The minimum Gasteiger partial charge on any atom is -0.497 e. The van der Waals surface area contributed by atoms with Gasteiger partial charge in [0.25, 0.3) is 11.5 Å². The van der Waals surface area contributed by atoms with Crippen LogP contribution in [0.25, 0.3) is 0 Å². The van der Waals surface area contributed by atoms with Gasteiger partial charge in [-0.25, -0.2) is 0 Å². The molecular formula is C27H27N3O4. The Morgan fingerprint density at radius 2 is 1.74 bits per heavy atom. The third kappa shape index (κ3) is 4.33. The number of methoxy groups -OCH3 is 1. The van der Waals surface area contributed by atoms with E-state index >= 15 is 0 Å². The Kier molecular flexibility index (Phi) is 5.92. The molecule has 2 aliphatic heterocycles. The van der Waals surface area contributed by atoms with Gasteiger partial charge in [0, 0.05) is 36.8 Å². The maximum atomic E-state index is 13.2. The van der Waals surface area contributed by atoms with Crippen molar-refractivity contribution in [1.29, 1.82) is 0 Å². The van der Waals surface area contributed by atoms with Gasteiger partial charge in [0.1, 0.15) is 11.4 Å². The molecule has 34 heavy (non-hydrogen) atoms. The Labute approximate surface area is 198 Å². The molecule has 7 heteroatoms. The van der Waals surface area contributed by atoms with Gasteiger partial charge in [-0.15, -0.1) is 0 Å². The van der Waals surface area contributed by atoms with Gasteiger partial charge in [-0.2, -0.15) is 0 Å². The van der Waals surface area contributed by atoms with Crippen molar-refractivity contribution in [2.45, 2.75) is 25.3 Å². The third-order valence-electron chi connectivity index (χ3n) is 6.71. The van der Waals surface area contributed by atoms with E-state index in [1.54, 1.807) is 29.9 Å². The number of amides is 2. The van der Waals surface area contributed by atoms with Crippen LogP contribution < -0.4 is 15.6 Å². The average molecular weight is 458 g/mol. The minimum atomic E-state index is -0.238. The zero-order chi connectivity index (χ0) is 23.7. The van der Waals surface area contributed by atoms with Gasteiger partial charge < -0.3 is 19.5 Å². The quantitative estimate of drug-likeness (QED) is 0.638. The number of hydrogen-bond donors (Lipinski definition) is 1. The second-order valence-corrected chi connectivity index (χ2v) is 9.04. The number of nitrogens with zero attached hydrogens (tertiary/aromatic N) is 2. The molecule has 0 spiro atoms. The van der Waals surface area contributed by atoms with Crippen LogP contribution in [0.3, 0.4) is 0 Å². The van der Waals surface area contributed by atoms with Gasteiger partial charge in [-0.3, -0.25) is 14.4 Å². The molecule has 5 rings (SSSR count). The van der Waals surface area contributed by atoms with Crippen molar-refractivity contribution in [2.24, 2.45) is 5.92 Å². The molecule has 174 valence electrons. The molecule has 1 saturated heterocycles. The molecule has 2 aromatic carbocycles. The van der Waals surface area contributed by atoms with Crippen molar-refractivity contribution in [3.63, 3.8) is 0 Å². The van der Waals surface area contributed by atoms with E-state index in [0.29, 0.717) is 30.9 Å². The van der Waals surface area contributed by atoms with Crippen molar-refractivity contribution in [3.8, 4) is 5.75 Å². The van der Waals surface area contributed by atoms with Crippen LogP contribution in [-0.2, 0) is 17.8 Å². The molecule has 1 fully saturated rings. The highest BCUT2D eigenvalue weighted by atomic mass is 16.5. The minimum absolute atomic E-state index is 0.0357. The Morgan fingerprint density at radius 3 is 2.47 bits per heavy atom. The largest absolute Gasteiger partial charge is 0.497 e. The molecule has 2 aliphatic rings. The molecule has 1 N–H and O–H groups in total.